The Bertz CT molecular complexity index is 1230. The molecule has 1 heterocycles. The van der Waals surface area contributed by atoms with E-state index >= 15 is 0 Å². The number of primary amides is 1. The molecule has 1 rings (SSSR count). The maximum atomic E-state index is 13.7. The van der Waals surface area contributed by atoms with Crippen LogP contribution in [0.15, 0.2) is 0 Å². The van der Waals surface area contributed by atoms with E-state index in [1.807, 2.05) is 46.4 Å². The number of aliphatic hydroxyl groups is 1. The molecule has 1 aliphatic rings. The Balaban J connectivity index is 3.17. The van der Waals surface area contributed by atoms with Gasteiger partial charge in [-0.15, -0.1) is 0 Å². The minimum Gasteiger partial charge on any atom is -0.467 e. The molecule has 0 aromatic carbocycles. The number of rotatable bonds is 22. The van der Waals surface area contributed by atoms with E-state index in [2.05, 4.69) is 26.6 Å². The van der Waals surface area contributed by atoms with Gasteiger partial charge in [0.15, 0.2) is 0 Å². The quantitative estimate of drug-likeness (QED) is 0.0740. The topological polar surface area (TPSA) is 238 Å². The van der Waals surface area contributed by atoms with Crippen LogP contribution in [0.4, 0.5) is 0 Å². The van der Waals surface area contributed by atoms with Crippen LogP contribution >= 0.6 is 0 Å². The third-order valence-corrected chi connectivity index (χ3v) is 9.26. The van der Waals surface area contributed by atoms with Gasteiger partial charge in [-0.1, -0.05) is 61.8 Å². The van der Waals surface area contributed by atoms with Crippen molar-refractivity contribution in [1.82, 2.24) is 31.5 Å². The summed E-state index contributed by atoms with van der Waals surface area (Å²) in [5.41, 5.74) is 5.43. The van der Waals surface area contributed by atoms with Crippen LogP contribution < -0.4 is 32.3 Å². The molecule has 1 fully saturated rings. The number of methoxy groups -OCH3 is 1. The van der Waals surface area contributed by atoms with E-state index in [1.165, 1.54) is 14.0 Å². The first-order valence-corrected chi connectivity index (χ1v) is 18.5. The van der Waals surface area contributed by atoms with Gasteiger partial charge in [-0.3, -0.25) is 33.7 Å². The molecule has 3 unspecified atom stereocenters. The highest BCUT2D eigenvalue weighted by Gasteiger charge is 2.38. The number of β-amino-alcohol motifs (C(OH)–C–C–N with tert-alkyl or cyclic N) is 1. The van der Waals surface area contributed by atoms with Crippen molar-refractivity contribution in [3.8, 4) is 0 Å². The highest BCUT2D eigenvalue weighted by atomic mass is 16.5. The van der Waals surface area contributed by atoms with Crippen molar-refractivity contribution >= 4 is 41.4 Å². The Labute approximate surface area is 308 Å². The van der Waals surface area contributed by atoms with Crippen LogP contribution in [-0.4, -0.2) is 114 Å². The molecule has 298 valence electrons. The fourth-order valence-electron chi connectivity index (χ4n) is 6.26. The van der Waals surface area contributed by atoms with Crippen molar-refractivity contribution in [3.63, 3.8) is 0 Å². The number of likely N-dealkylation sites (tertiary alicyclic amines) is 1. The summed E-state index contributed by atoms with van der Waals surface area (Å²) in [7, 11) is 1.24. The zero-order valence-electron chi connectivity index (χ0n) is 32.7. The van der Waals surface area contributed by atoms with Crippen molar-refractivity contribution < 1.29 is 43.4 Å². The maximum Gasteiger partial charge on any atom is 0.328 e. The average molecular weight is 740 g/mol. The first kappa shape index (κ1) is 46.2. The summed E-state index contributed by atoms with van der Waals surface area (Å²) in [6.07, 6.45) is 0.683. The molecular weight excluding hydrogens is 674 g/mol. The molecule has 6 amide bonds. The zero-order chi connectivity index (χ0) is 39.9. The molecule has 0 aliphatic carbocycles. The van der Waals surface area contributed by atoms with Gasteiger partial charge in [0.2, 0.25) is 35.4 Å². The van der Waals surface area contributed by atoms with Gasteiger partial charge in [0.05, 0.1) is 31.7 Å². The Morgan fingerprint density at radius 1 is 0.808 bits per heavy atom. The molecule has 52 heavy (non-hydrogen) atoms. The number of aliphatic hydroxyl groups excluding tert-OH is 1. The number of ether oxygens (including phenoxy) is 1. The van der Waals surface area contributed by atoms with Crippen LogP contribution in [-0.2, 0) is 38.3 Å². The molecule has 0 saturated carbocycles. The summed E-state index contributed by atoms with van der Waals surface area (Å²) in [6.45, 7) is 16.6. The van der Waals surface area contributed by atoms with E-state index in [-0.39, 0.29) is 30.2 Å². The molecule has 0 aromatic rings. The highest BCUT2D eigenvalue weighted by Crippen LogP contribution is 2.21. The molecule has 8 N–H and O–H groups in total. The van der Waals surface area contributed by atoms with Gasteiger partial charge >= 0.3 is 5.97 Å². The smallest absolute Gasteiger partial charge is 0.328 e. The second-order valence-corrected chi connectivity index (χ2v) is 15.2. The third-order valence-electron chi connectivity index (χ3n) is 9.26. The number of hydrogen-bond acceptors (Lipinski definition) is 10. The van der Waals surface area contributed by atoms with Crippen LogP contribution in [0.1, 0.15) is 101 Å². The lowest BCUT2D eigenvalue weighted by molar-refractivity contribution is -0.147. The highest BCUT2D eigenvalue weighted by molar-refractivity contribution is 5.94. The molecule has 16 nitrogen and oxygen atoms in total. The van der Waals surface area contributed by atoms with Gasteiger partial charge in [0.25, 0.3) is 0 Å². The first-order valence-electron chi connectivity index (χ1n) is 18.5. The first-order chi connectivity index (χ1) is 24.2. The lowest BCUT2D eigenvalue weighted by atomic mass is 9.96. The second kappa shape index (κ2) is 22.3. The number of hydrogen-bond donors (Lipinski definition) is 7. The zero-order valence-corrected chi connectivity index (χ0v) is 32.7. The average Bonchev–Trinajstić information content (AvgIpc) is 3.51. The fourth-order valence-corrected chi connectivity index (χ4v) is 6.26. The monoisotopic (exact) mass is 739 g/mol. The predicted octanol–water partition coefficient (Wildman–Crippen LogP) is 0.0983. The van der Waals surface area contributed by atoms with E-state index < -0.39 is 90.2 Å². The summed E-state index contributed by atoms with van der Waals surface area (Å²) in [4.78, 5) is 91.6. The number of nitrogens with two attached hydrogens (primary N) is 1. The Morgan fingerprint density at radius 2 is 1.40 bits per heavy atom. The number of carbonyl (C=O) groups is 7. The van der Waals surface area contributed by atoms with Crippen molar-refractivity contribution in [2.24, 2.45) is 29.4 Å². The van der Waals surface area contributed by atoms with E-state index in [0.717, 1.165) is 0 Å². The number of nitrogens with one attached hydrogen (secondary N) is 5. The van der Waals surface area contributed by atoms with Gasteiger partial charge in [-0.05, 0) is 55.9 Å². The molecule has 16 heteroatoms. The number of carbonyl (C=O) groups excluding carboxylic acids is 7. The van der Waals surface area contributed by atoms with Gasteiger partial charge in [0.1, 0.15) is 24.2 Å². The minimum atomic E-state index is -1.36. The fraction of sp³-hybridized carbons (Fsp3) is 0.806. The molecular formula is C36H65N7O9. The van der Waals surface area contributed by atoms with Crippen molar-refractivity contribution in [2.75, 3.05) is 20.2 Å². The van der Waals surface area contributed by atoms with Gasteiger partial charge in [0, 0.05) is 13.5 Å². The lowest BCUT2D eigenvalue weighted by Crippen LogP contribution is -2.59. The van der Waals surface area contributed by atoms with E-state index in [0.29, 0.717) is 38.6 Å². The molecule has 0 radical (unpaired) electrons. The van der Waals surface area contributed by atoms with Crippen molar-refractivity contribution in [1.29, 1.82) is 0 Å². The SMILES string of the molecule is CCC(C)[C@H](NC(=O)[C@@H]1CCCN1CC(O)C(CC(C)C)NC(=O)[C@H](CC(N)=O)NC(=O)[C@H](CC(C)C)NC(C)=O)C(=O)N[C@H](C(=O)OC)C(C)C. The third kappa shape index (κ3) is 15.4. The minimum absolute atomic E-state index is 0.0134. The van der Waals surface area contributed by atoms with Crippen LogP contribution in [0, 0.1) is 23.7 Å². The Hall–Kier alpha value is -3.79. The van der Waals surface area contributed by atoms with E-state index in [1.54, 1.807) is 13.8 Å². The maximum absolute atomic E-state index is 13.7. The van der Waals surface area contributed by atoms with Crippen LogP contribution in [0.2, 0.25) is 0 Å². The summed E-state index contributed by atoms with van der Waals surface area (Å²) in [6, 6.07) is -5.60. The predicted molar refractivity (Wildman–Crippen MR) is 195 cm³/mol. The Kier molecular flexibility index (Phi) is 19.8. The summed E-state index contributed by atoms with van der Waals surface area (Å²) >= 11 is 0. The Morgan fingerprint density at radius 3 is 1.90 bits per heavy atom. The molecule has 0 bridgehead atoms. The number of amides is 6. The van der Waals surface area contributed by atoms with Crippen LogP contribution in [0.5, 0.6) is 0 Å². The van der Waals surface area contributed by atoms with Crippen molar-refractivity contribution in [3.05, 3.63) is 0 Å². The largest absolute Gasteiger partial charge is 0.467 e. The van der Waals surface area contributed by atoms with Crippen LogP contribution in [0.3, 0.4) is 0 Å². The van der Waals surface area contributed by atoms with Gasteiger partial charge in [-0.25, -0.2) is 4.79 Å². The molecule has 1 aliphatic heterocycles. The number of esters is 1. The summed E-state index contributed by atoms with van der Waals surface area (Å²) in [5.74, 6) is -4.56. The van der Waals surface area contributed by atoms with Gasteiger partial charge in [-0.2, -0.15) is 0 Å². The molecule has 0 spiro atoms. The van der Waals surface area contributed by atoms with Crippen molar-refractivity contribution in [2.45, 2.75) is 143 Å². The van der Waals surface area contributed by atoms with Crippen LogP contribution in [0.25, 0.3) is 0 Å². The standard InChI is InChI=1S/C36H65N7O9/c1-11-22(8)31(35(50)41-30(21(6)7)36(51)52-10)42-34(49)27-13-12-14-43(27)18-28(45)24(15-19(2)3)39-33(48)26(17-29(37)46)40-32(47)25(16-20(4)5)38-23(9)44/h19-22,24-28,30-31,45H,11-18H2,1-10H3,(H2,37,46)(H,38,44)(H,39,48)(H,40,47)(H,41,50)(H,42,49)/t22?,24?,25-,26-,27-,28?,30-,31-/m0/s1. The summed E-state index contributed by atoms with van der Waals surface area (Å²) < 4.78 is 4.85. The van der Waals surface area contributed by atoms with Gasteiger partial charge < -0.3 is 42.2 Å². The normalized spacial score (nSPS) is 18.8. The van der Waals surface area contributed by atoms with E-state index in [9.17, 15) is 38.7 Å². The molecule has 8 atom stereocenters. The van der Waals surface area contributed by atoms with E-state index in [4.69, 9.17) is 10.5 Å². The number of nitrogens with zero attached hydrogens (tertiary/aromatic N) is 1. The second-order valence-electron chi connectivity index (χ2n) is 15.2. The molecule has 1 saturated heterocycles. The summed E-state index contributed by atoms with van der Waals surface area (Å²) in [5, 5.41) is 25.0. The molecule has 0 aromatic heterocycles. The lowest BCUT2D eigenvalue weighted by Gasteiger charge is -2.33.